The molecule has 3 heteroatoms. The molecule has 2 aliphatic rings. The molecule has 0 aromatic heterocycles. The van der Waals surface area contributed by atoms with Gasteiger partial charge in [-0.25, -0.2) is 0 Å². The summed E-state index contributed by atoms with van der Waals surface area (Å²) in [4.78, 5) is 15.2. The summed E-state index contributed by atoms with van der Waals surface area (Å²) in [6, 6.07) is 8.31. The van der Waals surface area contributed by atoms with Gasteiger partial charge >= 0.3 is 0 Å². The van der Waals surface area contributed by atoms with Crippen LogP contribution in [0, 0.1) is 0 Å². The van der Waals surface area contributed by atoms with E-state index in [1.807, 2.05) is 12.1 Å². The first-order valence-corrected chi connectivity index (χ1v) is 4.76. The molecular formula is C11H10N2O. The first kappa shape index (κ1) is 7.74. The number of aliphatic imine (C=N–C) groups is 1. The zero-order valence-electron chi connectivity index (χ0n) is 7.66. The number of hydrogen-bond donors (Lipinski definition) is 1. The quantitative estimate of drug-likeness (QED) is 0.694. The fourth-order valence-corrected chi connectivity index (χ4v) is 2.08. The highest BCUT2D eigenvalue weighted by molar-refractivity contribution is 6.07. The van der Waals surface area contributed by atoms with Crippen molar-refractivity contribution in [3.63, 3.8) is 0 Å². The molecule has 70 valence electrons. The summed E-state index contributed by atoms with van der Waals surface area (Å²) in [5.74, 6) is 1.20. The Kier molecular flexibility index (Phi) is 1.48. The van der Waals surface area contributed by atoms with E-state index in [2.05, 4.69) is 22.4 Å². The molecule has 1 heterocycles. The average molecular weight is 186 g/mol. The molecule has 1 amide bonds. The molecule has 1 atom stereocenters. The monoisotopic (exact) mass is 186 g/mol. The molecule has 1 aliphatic carbocycles. The van der Waals surface area contributed by atoms with Crippen LogP contribution in [0.15, 0.2) is 29.3 Å². The van der Waals surface area contributed by atoms with E-state index in [-0.39, 0.29) is 5.91 Å². The Bertz CT molecular complexity index is 437. The van der Waals surface area contributed by atoms with Crippen LogP contribution in [0.25, 0.3) is 0 Å². The molecule has 1 aliphatic heterocycles. The lowest BCUT2D eigenvalue weighted by Gasteiger charge is -2.29. The van der Waals surface area contributed by atoms with Crippen LogP contribution in [-0.2, 0) is 11.2 Å². The molecule has 0 spiro atoms. The summed E-state index contributed by atoms with van der Waals surface area (Å²) >= 11 is 0. The number of nitrogens with zero attached hydrogens (tertiary/aromatic N) is 1. The average Bonchev–Trinajstić information content (AvgIpc) is 2.54. The van der Waals surface area contributed by atoms with E-state index in [0.717, 1.165) is 12.3 Å². The number of carbonyl (C=O) groups excluding carboxylic acids is 1. The minimum atomic E-state index is 0.0179. The van der Waals surface area contributed by atoms with Gasteiger partial charge in [-0.1, -0.05) is 24.3 Å². The zero-order chi connectivity index (χ0) is 9.54. The molecule has 0 radical (unpaired) electrons. The van der Waals surface area contributed by atoms with Crippen LogP contribution in [0.2, 0.25) is 0 Å². The summed E-state index contributed by atoms with van der Waals surface area (Å²) in [6.45, 7) is 0.300. The highest BCUT2D eigenvalue weighted by Crippen LogP contribution is 2.35. The van der Waals surface area contributed by atoms with Crippen molar-refractivity contribution >= 4 is 11.7 Å². The van der Waals surface area contributed by atoms with Crippen LogP contribution in [-0.4, -0.2) is 18.3 Å². The molecule has 3 nitrogen and oxygen atoms in total. The molecule has 0 fully saturated rings. The lowest BCUT2D eigenvalue weighted by atomic mass is 9.77. The van der Waals surface area contributed by atoms with Crippen molar-refractivity contribution in [2.24, 2.45) is 4.99 Å². The fourth-order valence-electron chi connectivity index (χ4n) is 2.08. The third-order valence-corrected chi connectivity index (χ3v) is 2.85. The Balaban J connectivity index is 1.89. The van der Waals surface area contributed by atoms with E-state index in [1.54, 1.807) is 0 Å². The number of hydrogen-bond acceptors (Lipinski definition) is 2. The largest absolute Gasteiger partial charge is 0.312 e. The molecule has 0 bridgehead atoms. The second-order valence-electron chi connectivity index (χ2n) is 3.71. The maximum Gasteiger partial charge on any atom is 0.247 e. The van der Waals surface area contributed by atoms with Gasteiger partial charge < -0.3 is 5.32 Å². The molecule has 1 unspecified atom stereocenters. The van der Waals surface area contributed by atoms with Crippen LogP contribution in [0.4, 0.5) is 0 Å². The minimum absolute atomic E-state index is 0.0179. The third-order valence-electron chi connectivity index (χ3n) is 2.85. The van der Waals surface area contributed by atoms with Crippen LogP contribution in [0.3, 0.4) is 0 Å². The number of amides is 1. The van der Waals surface area contributed by atoms with Crippen molar-refractivity contribution in [3.8, 4) is 0 Å². The number of fused-ring (bicyclic) bond motifs is 1. The van der Waals surface area contributed by atoms with E-state index in [9.17, 15) is 4.79 Å². The normalized spacial score (nSPS) is 23.6. The number of amidine groups is 1. The lowest BCUT2D eigenvalue weighted by Crippen LogP contribution is -2.35. The third kappa shape index (κ3) is 0.985. The smallest absolute Gasteiger partial charge is 0.247 e. The van der Waals surface area contributed by atoms with Crippen molar-refractivity contribution in [1.29, 1.82) is 0 Å². The number of rotatable bonds is 1. The van der Waals surface area contributed by atoms with E-state index in [0.29, 0.717) is 12.5 Å². The Labute approximate surface area is 81.9 Å². The predicted octanol–water partition coefficient (Wildman–Crippen LogP) is 0.855. The molecule has 1 N–H and O–H groups in total. The lowest BCUT2D eigenvalue weighted by molar-refractivity contribution is -0.117. The molecule has 0 saturated carbocycles. The van der Waals surface area contributed by atoms with Gasteiger partial charge in [0.15, 0.2) is 0 Å². The molecule has 3 rings (SSSR count). The summed E-state index contributed by atoms with van der Waals surface area (Å²) in [7, 11) is 0. The number of nitrogens with one attached hydrogen (secondary N) is 1. The van der Waals surface area contributed by atoms with Gasteiger partial charge in [0.2, 0.25) is 5.91 Å². The van der Waals surface area contributed by atoms with Gasteiger partial charge in [0.1, 0.15) is 12.4 Å². The second kappa shape index (κ2) is 2.67. The van der Waals surface area contributed by atoms with Crippen molar-refractivity contribution in [2.75, 3.05) is 6.54 Å². The summed E-state index contributed by atoms with van der Waals surface area (Å²) in [5, 5.41) is 2.81. The maximum absolute atomic E-state index is 11.0. The van der Waals surface area contributed by atoms with Gasteiger partial charge in [-0.3, -0.25) is 9.79 Å². The van der Waals surface area contributed by atoms with E-state index in [4.69, 9.17) is 0 Å². The van der Waals surface area contributed by atoms with Crippen molar-refractivity contribution in [1.82, 2.24) is 5.32 Å². The summed E-state index contributed by atoms with van der Waals surface area (Å²) in [6.07, 6.45) is 1.01. The SMILES string of the molecule is O=C1CN=C(C2Cc3ccccc32)N1. The van der Waals surface area contributed by atoms with Crippen LogP contribution >= 0.6 is 0 Å². The van der Waals surface area contributed by atoms with Crippen molar-refractivity contribution < 1.29 is 4.79 Å². The van der Waals surface area contributed by atoms with E-state index < -0.39 is 0 Å². The Morgan fingerprint density at radius 3 is 2.93 bits per heavy atom. The molecular weight excluding hydrogens is 176 g/mol. The standard InChI is InChI=1S/C11H10N2O/c14-10-6-12-11(13-10)9-5-7-3-1-2-4-8(7)9/h1-4,9H,5-6H2,(H,12,13,14). The molecule has 1 aromatic rings. The summed E-state index contributed by atoms with van der Waals surface area (Å²) < 4.78 is 0. The van der Waals surface area contributed by atoms with Crippen LogP contribution in [0.5, 0.6) is 0 Å². The van der Waals surface area contributed by atoms with E-state index >= 15 is 0 Å². The Morgan fingerprint density at radius 1 is 1.36 bits per heavy atom. The number of benzene rings is 1. The van der Waals surface area contributed by atoms with Crippen LogP contribution < -0.4 is 5.32 Å². The second-order valence-corrected chi connectivity index (χ2v) is 3.71. The van der Waals surface area contributed by atoms with Gasteiger partial charge in [-0.2, -0.15) is 0 Å². The first-order chi connectivity index (χ1) is 6.84. The Hall–Kier alpha value is -1.64. The predicted molar refractivity (Wildman–Crippen MR) is 53.3 cm³/mol. The van der Waals surface area contributed by atoms with Crippen molar-refractivity contribution in [2.45, 2.75) is 12.3 Å². The summed E-state index contributed by atoms with van der Waals surface area (Å²) in [5.41, 5.74) is 2.69. The topological polar surface area (TPSA) is 41.5 Å². The molecule has 1 aromatic carbocycles. The molecule has 0 saturated heterocycles. The first-order valence-electron chi connectivity index (χ1n) is 4.76. The van der Waals surface area contributed by atoms with Gasteiger partial charge in [-0.15, -0.1) is 0 Å². The van der Waals surface area contributed by atoms with Crippen LogP contribution in [0.1, 0.15) is 17.0 Å². The molecule has 14 heavy (non-hydrogen) atoms. The highest BCUT2D eigenvalue weighted by Gasteiger charge is 2.32. The highest BCUT2D eigenvalue weighted by atomic mass is 16.2. The fraction of sp³-hybridized carbons (Fsp3) is 0.273. The number of carbonyl (C=O) groups is 1. The maximum atomic E-state index is 11.0. The van der Waals surface area contributed by atoms with Gasteiger partial charge in [0.05, 0.1) is 0 Å². The van der Waals surface area contributed by atoms with Gasteiger partial charge in [0.25, 0.3) is 0 Å². The van der Waals surface area contributed by atoms with Gasteiger partial charge in [-0.05, 0) is 17.5 Å². The minimum Gasteiger partial charge on any atom is -0.312 e. The van der Waals surface area contributed by atoms with Crippen molar-refractivity contribution in [3.05, 3.63) is 35.4 Å². The zero-order valence-corrected chi connectivity index (χ0v) is 7.66. The van der Waals surface area contributed by atoms with Gasteiger partial charge in [0, 0.05) is 5.92 Å². The van der Waals surface area contributed by atoms with E-state index in [1.165, 1.54) is 11.1 Å². The Morgan fingerprint density at radius 2 is 2.21 bits per heavy atom.